The molecule has 0 amide bonds. The summed E-state index contributed by atoms with van der Waals surface area (Å²) in [4.78, 5) is 12.6. The van der Waals surface area contributed by atoms with E-state index in [-0.39, 0.29) is 0 Å². The molecule has 0 atom stereocenters. The van der Waals surface area contributed by atoms with Crippen LogP contribution in [0.3, 0.4) is 0 Å². The van der Waals surface area contributed by atoms with Gasteiger partial charge in [-0.1, -0.05) is 12.5 Å². The number of fused-ring (bicyclic) bond motifs is 1. The zero-order chi connectivity index (χ0) is 11.9. The van der Waals surface area contributed by atoms with Crippen LogP contribution in [0.2, 0.25) is 0 Å². The fraction of sp³-hybridized carbons (Fsp3) is 0.462. The molecule has 0 saturated heterocycles. The van der Waals surface area contributed by atoms with Crippen molar-refractivity contribution in [3.05, 3.63) is 23.8 Å². The topological polar surface area (TPSA) is 49.3 Å². The summed E-state index contributed by atoms with van der Waals surface area (Å²) in [5.74, 6) is 0.383. The smallest absolute Gasteiger partial charge is 0.314 e. The fourth-order valence-electron chi connectivity index (χ4n) is 2.59. The van der Waals surface area contributed by atoms with Crippen LogP contribution in [0.4, 0.5) is 5.69 Å². The van der Waals surface area contributed by atoms with E-state index in [2.05, 4.69) is 11.4 Å². The summed E-state index contributed by atoms with van der Waals surface area (Å²) in [6.45, 7) is 0.987. The third kappa shape index (κ3) is 1.62. The van der Waals surface area contributed by atoms with E-state index < -0.39 is 11.4 Å². The summed E-state index contributed by atoms with van der Waals surface area (Å²) in [5, 5.41) is 12.8. The van der Waals surface area contributed by atoms with Crippen LogP contribution in [0.25, 0.3) is 0 Å². The number of anilines is 1. The van der Waals surface area contributed by atoms with Gasteiger partial charge in [-0.05, 0) is 30.5 Å². The Hall–Kier alpha value is -1.16. The highest BCUT2D eigenvalue weighted by Crippen LogP contribution is 2.46. The van der Waals surface area contributed by atoms with Crippen LogP contribution in [0.15, 0.2) is 23.1 Å². The summed E-state index contributed by atoms with van der Waals surface area (Å²) < 4.78 is 0. The minimum atomic E-state index is -0.669. The number of carboxylic acid groups (broad SMARTS) is 1. The van der Waals surface area contributed by atoms with Gasteiger partial charge in [0.1, 0.15) is 0 Å². The maximum absolute atomic E-state index is 11.4. The number of hydrogen-bond donors (Lipinski definition) is 2. The van der Waals surface area contributed by atoms with E-state index >= 15 is 0 Å². The molecular weight excluding hydrogens is 234 g/mol. The van der Waals surface area contributed by atoms with Gasteiger partial charge in [-0.25, -0.2) is 0 Å². The van der Waals surface area contributed by atoms with Gasteiger partial charge in [0.15, 0.2) is 0 Å². The van der Waals surface area contributed by atoms with E-state index in [0.29, 0.717) is 0 Å². The molecule has 0 unspecified atom stereocenters. The number of nitrogens with one attached hydrogen (secondary N) is 1. The predicted molar refractivity (Wildman–Crippen MR) is 68.8 cm³/mol. The average Bonchev–Trinajstić information content (AvgIpc) is 2.27. The van der Waals surface area contributed by atoms with Crippen molar-refractivity contribution >= 4 is 23.4 Å². The Morgan fingerprint density at radius 2 is 2.24 bits per heavy atom. The van der Waals surface area contributed by atoms with Gasteiger partial charge < -0.3 is 10.4 Å². The van der Waals surface area contributed by atoms with Crippen LogP contribution < -0.4 is 5.32 Å². The number of rotatable bonds is 2. The Balaban J connectivity index is 2.01. The molecule has 2 aliphatic rings. The summed E-state index contributed by atoms with van der Waals surface area (Å²) in [7, 11) is 0. The molecule has 2 N–H and O–H groups in total. The normalized spacial score (nSPS) is 20.9. The maximum Gasteiger partial charge on any atom is 0.314 e. The highest BCUT2D eigenvalue weighted by atomic mass is 32.2. The first-order chi connectivity index (χ1) is 8.22. The third-order valence-corrected chi connectivity index (χ3v) is 4.88. The van der Waals surface area contributed by atoms with Crippen LogP contribution in [0, 0.1) is 0 Å². The fourth-order valence-corrected chi connectivity index (χ4v) is 3.52. The molecule has 17 heavy (non-hydrogen) atoms. The first-order valence-corrected chi connectivity index (χ1v) is 6.95. The van der Waals surface area contributed by atoms with Gasteiger partial charge in [0.2, 0.25) is 0 Å². The minimum absolute atomic E-state index is 0.604. The van der Waals surface area contributed by atoms with E-state index in [0.717, 1.165) is 42.8 Å². The van der Waals surface area contributed by atoms with Crippen molar-refractivity contribution in [3.8, 4) is 0 Å². The van der Waals surface area contributed by atoms with Crippen molar-refractivity contribution in [2.24, 2.45) is 0 Å². The molecule has 1 aliphatic heterocycles. The van der Waals surface area contributed by atoms with Gasteiger partial charge in [0, 0.05) is 22.9 Å². The van der Waals surface area contributed by atoms with E-state index in [9.17, 15) is 9.90 Å². The minimum Gasteiger partial charge on any atom is -0.481 e. The number of carbonyl (C=O) groups is 1. The summed E-state index contributed by atoms with van der Waals surface area (Å²) in [6.07, 6.45) is 2.58. The number of hydrogen-bond acceptors (Lipinski definition) is 3. The van der Waals surface area contributed by atoms with Crippen LogP contribution in [-0.2, 0) is 10.2 Å². The second kappa shape index (κ2) is 3.95. The zero-order valence-electron chi connectivity index (χ0n) is 9.53. The molecule has 0 radical (unpaired) electrons. The Morgan fingerprint density at radius 3 is 2.88 bits per heavy atom. The zero-order valence-corrected chi connectivity index (χ0v) is 10.3. The number of benzene rings is 1. The third-order valence-electron chi connectivity index (χ3n) is 3.83. The lowest BCUT2D eigenvalue weighted by Gasteiger charge is -2.38. The quantitative estimate of drug-likeness (QED) is 0.846. The largest absolute Gasteiger partial charge is 0.481 e. The molecule has 0 aromatic heterocycles. The molecule has 3 nitrogen and oxygen atoms in total. The van der Waals surface area contributed by atoms with Gasteiger partial charge >= 0.3 is 5.97 Å². The molecule has 90 valence electrons. The molecule has 1 aliphatic carbocycles. The Labute approximate surface area is 105 Å². The average molecular weight is 249 g/mol. The van der Waals surface area contributed by atoms with Crippen molar-refractivity contribution in [2.75, 3.05) is 17.6 Å². The van der Waals surface area contributed by atoms with Crippen molar-refractivity contribution in [1.29, 1.82) is 0 Å². The molecule has 1 heterocycles. The van der Waals surface area contributed by atoms with E-state index in [4.69, 9.17) is 0 Å². The number of thioether (sulfide) groups is 1. The van der Waals surface area contributed by atoms with Crippen molar-refractivity contribution in [3.63, 3.8) is 0 Å². The van der Waals surface area contributed by atoms with Crippen LogP contribution in [0.1, 0.15) is 24.8 Å². The Bertz CT molecular complexity index is 468. The second-order valence-corrected chi connectivity index (χ2v) is 5.86. The summed E-state index contributed by atoms with van der Waals surface area (Å²) >= 11 is 1.81. The lowest BCUT2D eigenvalue weighted by molar-refractivity contribution is -0.147. The standard InChI is InChI=1S/C13H15NO2S/c15-12(16)13(4-1-5-13)9-2-3-10-11(8-9)17-7-6-14-10/h2-3,8,14H,1,4-7H2,(H,15,16). The number of aliphatic carboxylic acids is 1. The highest BCUT2D eigenvalue weighted by Gasteiger charge is 2.46. The Morgan fingerprint density at radius 1 is 1.41 bits per heavy atom. The highest BCUT2D eigenvalue weighted by molar-refractivity contribution is 7.99. The van der Waals surface area contributed by atoms with Gasteiger partial charge in [0.05, 0.1) is 5.41 Å². The molecule has 0 spiro atoms. The molecule has 1 aromatic carbocycles. The SMILES string of the molecule is O=C(O)C1(c2ccc3c(c2)SCCN3)CCC1. The Kier molecular flexibility index (Phi) is 2.54. The molecule has 1 fully saturated rings. The van der Waals surface area contributed by atoms with Crippen LogP contribution in [-0.4, -0.2) is 23.4 Å². The van der Waals surface area contributed by atoms with Gasteiger partial charge in [-0.15, -0.1) is 11.8 Å². The lowest BCUT2D eigenvalue weighted by Crippen LogP contribution is -2.42. The monoisotopic (exact) mass is 249 g/mol. The van der Waals surface area contributed by atoms with Crippen molar-refractivity contribution in [1.82, 2.24) is 0 Å². The van der Waals surface area contributed by atoms with Crippen LogP contribution >= 0.6 is 11.8 Å². The van der Waals surface area contributed by atoms with Gasteiger partial charge in [-0.2, -0.15) is 0 Å². The molecule has 3 rings (SSSR count). The second-order valence-electron chi connectivity index (χ2n) is 4.73. The van der Waals surface area contributed by atoms with E-state index in [1.165, 1.54) is 4.90 Å². The molecule has 4 heteroatoms. The lowest BCUT2D eigenvalue weighted by atomic mass is 9.64. The first-order valence-electron chi connectivity index (χ1n) is 5.97. The van der Waals surface area contributed by atoms with Crippen LogP contribution in [0.5, 0.6) is 0 Å². The van der Waals surface area contributed by atoms with Gasteiger partial charge in [-0.3, -0.25) is 4.79 Å². The maximum atomic E-state index is 11.4. The van der Waals surface area contributed by atoms with Crippen molar-refractivity contribution < 1.29 is 9.90 Å². The number of carboxylic acids is 1. The molecule has 1 aromatic rings. The predicted octanol–water partition coefficient (Wildman–Crippen LogP) is 2.71. The van der Waals surface area contributed by atoms with Crippen molar-refractivity contribution in [2.45, 2.75) is 29.6 Å². The van der Waals surface area contributed by atoms with E-state index in [1.807, 2.05) is 23.9 Å². The molecule has 0 bridgehead atoms. The molecular formula is C13H15NO2S. The summed E-state index contributed by atoms with van der Waals surface area (Å²) in [6, 6.07) is 6.07. The summed E-state index contributed by atoms with van der Waals surface area (Å²) in [5.41, 5.74) is 1.52. The van der Waals surface area contributed by atoms with Gasteiger partial charge in [0.25, 0.3) is 0 Å². The molecule has 1 saturated carbocycles. The van der Waals surface area contributed by atoms with E-state index in [1.54, 1.807) is 0 Å². The first kappa shape index (κ1) is 11.0.